The van der Waals surface area contributed by atoms with Crippen LogP contribution in [0.4, 0.5) is 0 Å². The van der Waals surface area contributed by atoms with Gasteiger partial charge in [0.05, 0.1) is 0 Å². The van der Waals surface area contributed by atoms with Gasteiger partial charge in [-0.1, -0.05) is 47.4 Å². The first-order chi connectivity index (χ1) is 10.8. The summed E-state index contributed by atoms with van der Waals surface area (Å²) in [5, 5.41) is 6.88. The van der Waals surface area contributed by atoms with Crippen molar-refractivity contribution in [1.29, 1.82) is 0 Å². The summed E-state index contributed by atoms with van der Waals surface area (Å²) in [7, 11) is 0. The first kappa shape index (κ1) is 15.1. The number of nitrogens with zero attached hydrogens (tertiary/aromatic N) is 1. The largest absolute Gasteiger partial charge is 0.355 e. The number of hydrogen-bond acceptors (Lipinski definition) is 5. The van der Waals surface area contributed by atoms with Crippen LogP contribution in [0.5, 0.6) is 0 Å². The second-order valence-electron chi connectivity index (χ2n) is 5.50. The van der Waals surface area contributed by atoms with Crippen LogP contribution in [0.15, 0.2) is 40.9 Å². The monoisotopic (exact) mass is 317 g/mol. The molecule has 0 unspecified atom stereocenters. The molecule has 22 heavy (non-hydrogen) atoms. The standard InChI is InChI=1S/C16H19N3O2S/c1-22-17-10-11-7-13(8-11)18-16(20)14-9-15(21-19-14)12-5-3-2-4-6-12/h2-6,9,11,13,17H,7-8,10H2,1H3,(H,18,20). The normalized spacial score (nSPS) is 20.4. The summed E-state index contributed by atoms with van der Waals surface area (Å²) in [5.41, 5.74) is 1.26. The van der Waals surface area contributed by atoms with E-state index in [1.165, 1.54) is 0 Å². The number of rotatable bonds is 6. The Balaban J connectivity index is 1.53. The molecule has 1 aromatic heterocycles. The van der Waals surface area contributed by atoms with Gasteiger partial charge >= 0.3 is 0 Å². The minimum absolute atomic E-state index is 0.160. The number of nitrogens with one attached hydrogen (secondary N) is 2. The molecular formula is C16H19N3O2S. The van der Waals surface area contributed by atoms with Gasteiger partial charge in [0.25, 0.3) is 5.91 Å². The highest BCUT2D eigenvalue weighted by Gasteiger charge is 2.30. The Morgan fingerprint density at radius 1 is 1.36 bits per heavy atom. The Morgan fingerprint density at radius 3 is 2.86 bits per heavy atom. The minimum Gasteiger partial charge on any atom is -0.355 e. The predicted molar refractivity (Wildman–Crippen MR) is 87.4 cm³/mol. The summed E-state index contributed by atoms with van der Waals surface area (Å²) in [6.07, 6.45) is 4.05. The molecule has 1 aliphatic carbocycles. The molecule has 1 aliphatic rings. The summed E-state index contributed by atoms with van der Waals surface area (Å²) in [5.74, 6) is 1.10. The number of carbonyl (C=O) groups excluding carboxylic acids is 1. The van der Waals surface area contributed by atoms with Crippen LogP contribution in [-0.2, 0) is 0 Å². The third-order valence-electron chi connectivity index (χ3n) is 3.89. The minimum atomic E-state index is -0.160. The maximum Gasteiger partial charge on any atom is 0.273 e. The molecule has 1 amide bonds. The maximum atomic E-state index is 12.2. The van der Waals surface area contributed by atoms with E-state index in [9.17, 15) is 4.79 Å². The zero-order valence-corrected chi connectivity index (χ0v) is 13.2. The van der Waals surface area contributed by atoms with E-state index in [-0.39, 0.29) is 11.9 Å². The van der Waals surface area contributed by atoms with Gasteiger partial charge in [-0.3, -0.25) is 9.52 Å². The molecule has 0 saturated heterocycles. The second-order valence-corrected chi connectivity index (χ2v) is 6.20. The van der Waals surface area contributed by atoms with E-state index < -0.39 is 0 Å². The smallest absolute Gasteiger partial charge is 0.273 e. The molecule has 116 valence electrons. The fraction of sp³-hybridized carbons (Fsp3) is 0.375. The van der Waals surface area contributed by atoms with Crippen LogP contribution in [0.2, 0.25) is 0 Å². The Kier molecular flexibility index (Phi) is 4.80. The zero-order valence-electron chi connectivity index (χ0n) is 12.4. The fourth-order valence-corrected chi connectivity index (χ4v) is 3.00. The quantitative estimate of drug-likeness (QED) is 0.802. The van der Waals surface area contributed by atoms with Crippen molar-refractivity contribution in [2.45, 2.75) is 18.9 Å². The van der Waals surface area contributed by atoms with Gasteiger partial charge < -0.3 is 9.84 Å². The third kappa shape index (κ3) is 3.51. The van der Waals surface area contributed by atoms with Crippen LogP contribution >= 0.6 is 11.9 Å². The van der Waals surface area contributed by atoms with Crippen LogP contribution < -0.4 is 10.0 Å². The molecule has 1 fully saturated rings. The lowest BCUT2D eigenvalue weighted by atomic mass is 9.80. The number of carbonyl (C=O) groups is 1. The van der Waals surface area contributed by atoms with Crippen LogP contribution in [0.1, 0.15) is 23.3 Å². The van der Waals surface area contributed by atoms with Crippen LogP contribution in [-0.4, -0.2) is 29.9 Å². The molecule has 2 N–H and O–H groups in total. The lowest BCUT2D eigenvalue weighted by Gasteiger charge is -2.35. The van der Waals surface area contributed by atoms with E-state index in [0.29, 0.717) is 17.4 Å². The van der Waals surface area contributed by atoms with E-state index in [4.69, 9.17) is 4.52 Å². The Bertz CT molecular complexity index is 623. The van der Waals surface area contributed by atoms with Gasteiger partial charge in [-0.2, -0.15) is 0 Å². The SMILES string of the molecule is CSNCC1CC(NC(=O)c2cc(-c3ccccc3)on2)C1. The van der Waals surface area contributed by atoms with Crippen molar-refractivity contribution < 1.29 is 9.32 Å². The molecular weight excluding hydrogens is 298 g/mol. The van der Waals surface area contributed by atoms with Crippen molar-refractivity contribution >= 4 is 17.9 Å². The maximum absolute atomic E-state index is 12.2. The van der Waals surface area contributed by atoms with Crippen LogP contribution in [0, 0.1) is 5.92 Å². The number of amides is 1. The Labute approximate surface area is 134 Å². The lowest BCUT2D eigenvalue weighted by Crippen LogP contribution is -2.46. The number of hydrogen-bond donors (Lipinski definition) is 2. The van der Waals surface area contributed by atoms with E-state index in [2.05, 4.69) is 15.2 Å². The van der Waals surface area contributed by atoms with Gasteiger partial charge in [0.1, 0.15) is 0 Å². The van der Waals surface area contributed by atoms with Gasteiger partial charge in [-0.25, -0.2) is 0 Å². The Hall–Kier alpha value is -1.79. The summed E-state index contributed by atoms with van der Waals surface area (Å²) < 4.78 is 8.51. The highest BCUT2D eigenvalue weighted by atomic mass is 32.2. The van der Waals surface area contributed by atoms with E-state index >= 15 is 0 Å². The molecule has 5 nitrogen and oxygen atoms in total. The third-order valence-corrected chi connectivity index (χ3v) is 4.34. The molecule has 0 bridgehead atoms. The highest BCUT2D eigenvalue weighted by molar-refractivity contribution is 7.96. The molecule has 0 aliphatic heterocycles. The van der Waals surface area contributed by atoms with Gasteiger partial charge in [0.15, 0.2) is 11.5 Å². The molecule has 1 heterocycles. The molecule has 1 aromatic carbocycles. The molecule has 6 heteroatoms. The van der Waals surface area contributed by atoms with Gasteiger partial charge in [0.2, 0.25) is 0 Å². The van der Waals surface area contributed by atoms with Crippen LogP contribution in [0.3, 0.4) is 0 Å². The van der Waals surface area contributed by atoms with Crippen molar-refractivity contribution in [3.63, 3.8) is 0 Å². The summed E-state index contributed by atoms with van der Waals surface area (Å²) >= 11 is 1.63. The van der Waals surface area contributed by atoms with Crippen LogP contribution in [0.25, 0.3) is 11.3 Å². The average molecular weight is 317 g/mol. The topological polar surface area (TPSA) is 67.2 Å². The molecule has 0 spiro atoms. The van der Waals surface area contributed by atoms with Crippen molar-refractivity contribution in [2.75, 3.05) is 12.8 Å². The summed E-state index contributed by atoms with van der Waals surface area (Å²) in [6, 6.07) is 11.6. The summed E-state index contributed by atoms with van der Waals surface area (Å²) in [4.78, 5) is 12.2. The average Bonchev–Trinajstić information content (AvgIpc) is 3.00. The fourth-order valence-electron chi connectivity index (χ4n) is 2.60. The van der Waals surface area contributed by atoms with E-state index in [1.54, 1.807) is 18.0 Å². The molecule has 1 saturated carbocycles. The Morgan fingerprint density at radius 2 is 2.14 bits per heavy atom. The van der Waals surface area contributed by atoms with E-state index in [1.807, 2.05) is 36.6 Å². The van der Waals surface area contributed by atoms with Crippen molar-refractivity contribution in [1.82, 2.24) is 15.2 Å². The van der Waals surface area contributed by atoms with Crippen molar-refractivity contribution in [2.24, 2.45) is 5.92 Å². The molecule has 0 atom stereocenters. The number of benzene rings is 1. The molecule has 2 aromatic rings. The zero-order chi connectivity index (χ0) is 15.4. The second kappa shape index (κ2) is 6.98. The van der Waals surface area contributed by atoms with Crippen molar-refractivity contribution in [3.05, 3.63) is 42.1 Å². The van der Waals surface area contributed by atoms with Gasteiger partial charge in [-0.05, 0) is 25.0 Å². The first-order valence-corrected chi connectivity index (χ1v) is 8.57. The van der Waals surface area contributed by atoms with E-state index in [0.717, 1.165) is 24.9 Å². The highest BCUT2D eigenvalue weighted by Crippen LogP contribution is 2.27. The summed E-state index contributed by atoms with van der Waals surface area (Å²) in [6.45, 7) is 0.996. The molecule has 3 rings (SSSR count). The lowest BCUT2D eigenvalue weighted by molar-refractivity contribution is 0.0882. The molecule has 0 radical (unpaired) electrons. The predicted octanol–water partition coefficient (Wildman–Crippen LogP) is 2.72. The van der Waals surface area contributed by atoms with Gasteiger partial charge in [-0.15, -0.1) is 0 Å². The van der Waals surface area contributed by atoms with Gasteiger partial charge in [0, 0.05) is 24.2 Å². The first-order valence-electron chi connectivity index (χ1n) is 7.35. The van der Waals surface area contributed by atoms with Crippen molar-refractivity contribution in [3.8, 4) is 11.3 Å². The number of aromatic nitrogens is 1.